The van der Waals surface area contributed by atoms with E-state index in [2.05, 4.69) is 51.0 Å². The van der Waals surface area contributed by atoms with Crippen LogP contribution in [0, 0.1) is 12.7 Å². The van der Waals surface area contributed by atoms with E-state index in [1.54, 1.807) is 13.1 Å². The SMILES string of the molecule is CC[C@H](NC(=O)CN(C)C(C)=O)c1cccc(N2[C@@H]3CC[C@H]2CC(n2c(C)nc4c(F)cccc42)C3)c1. The molecule has 3 aromatic rings. The van der Waals surface area contributed by atoms with Crippen molar-refractivity contribution >= 4 is 28.5 Å². The average Bonchev–Trinajstić information content (AvgIpc) is 3.35. The first-order chi connectivity index (χ1) is 17.8. The number of hydrogen-bond acceptors (Lipinski definition) is 4. The number of likely N-dealkylation sites (N-methyl/N-ethyl adjacent to an activating group) is 1. The molecule has 2 bridgehead atoms. The van der Waals surface area contributed by atoms with Crippen LogP contribution in [0.15, 0.2) is 42.5 Å². The number of carbonyl (C=O) groups is 2. The van der Waals surface area contributed by atoms with Crippen molar-refractivity contribution in [3.63, 3.8) is 0 Å². The second kappa shape index (κ2) is 10.1. The number of fused-ring (bicyclic) bond motifs is 3. The summed E-state index contributed by atoms with van der Waals surface area (Å²) in [5.74, 6) is 0.322. The van der Waals surface area contributed by atoms with Crippen LogP contribution in [-0.2, 0) is 9.59 Å². The van der Waals surface area contributed by atoms with Crippen molar-refractivity contribution in [1.82, 2.24) is 19.8 Å². The van der Waals surface area contributed by atoms with Crippen LogP contribution in [0.5, 0.6) is 0 Å². The number of para-hydroxylation sites is 1. The molecule has 1 N–H and O–H groups in total. The molecular weight excluding hydrogens is 469 g/mol. The lowest BCUT2D eigenvalue weighted by Gasteiger charge is -2.41. The number of aromatic nitrogens is 2. The maximum Gasteiger partial charge on any atom is 0.240 e. The Bertz CT molecular complexity index is 1310. The maximum atomic E-state index is 14.4. The van der Waals surface area contributed by atoms with Crippen LogP contribution < -0.4 is 10.2 Å². The molecule has 3 heterocycles. The third-order valence-electron chi connectivity index (χ3n) is 8.15. The fraction of sp³-hybridized carbons (Fsp3) is 0.483. The van der Waals surface area contributed by atoms with E-state index < -0.39 is 0 Å². The molecule has 1 unspecified atom stereocenters. The summed E-state index contributed by atoms with van der Waals surface area (Å²) in [6.45, 7) is 5.54. The molecule has 2 fully saturated rings. The Balaban J connectivity index is 1.34. The molecule has 0 saturated carbocycles. The Morgan fingerprint density at radius 2 is 1.84 bits per heavy atom. The zero-order valence-corrected chi connectivity index (χ0v) is 22.1. The molecule has 2 aliphatic rings. The summed E-state index contributed by atoms with van der Waals surface area (Å²) in [5.41, 5.74) is 3.61. The van der Waals surface area contributed by atoms with Gasteiger partial charge in [-0.05, 0) is 68.9 Å². The minimum Gasteiger partial charge on any atom is -0.365 e. The number of aryl methyl sites for hydroxylation is 1. The average molecular weight is 506 g/mol. The minimum absolute atomic E-state index is 0.0510. The van der Waals surface area contributed by atoms with E-state index >= 15 is 0 Å². The molecule has 0 spiro atoms. The van der Waals surface area contributed by atoms with Gasteiger partial charge in [0.1, 0.15) is 11.3 Å². The molecule has 7 nitrogen and oxygen atoms in total. The Labute approximate surface area is 217 Å². The minimum atomic E-state index is -0.262. The number of nitrogens with zero attached hydrogens (tertiary/aromatic N) is 4. The normalized spacial score (nSPS) is 21.8. The van der Waals surface area contributed by atoms with Crippen molar-refractivity contribution in [1.29, 1.82) is 0 Å². The van der Waals surface area contributed by atoms with Gasteiger partial charge < -0.3 is 19.7 Å². The number of hydrogen-bond donors (Lipinski definition) is 1. The lowest BCUT2D eigenvalue weighted by atomic mass is 9.95. The quantitative estimate of drug-likeness (QED) is 0.496. The van der Waals surface area contributed by atoms with Gasteiger partial charge in [0.25, 0.3) is 0 Å². The molecular formula is C29H36FN5O2. The highest BCUT2D eigenvalue weighted by molar-refractivity contribution is 5.84. The zero-order chi connectivity index (χ0) is 26.3. The number of benzene rings is 2. The second-order valence-corrected chi connectivity index (χ2v) is 10.6. The second-order valence-electron chi connectivity index (χ2n) is 10.6. The van der Waals surface area contributed by atoms with E-state index in [9.17, 15) is 14.0 Å². The van der Waals surface area contributed by atoms with E-state index in [4.69, 9.17) is 0 Å². The van der Waals surface area contributed by atoms with Gasteiger partial charge in [0.2, 0.25) is 11.8 Å². The van der Waals surface area contributed by atoms with Crippen molar-refractivity contribution in [3.05, 3.63) is 59.7 Å². The van der Waals surface area contributed by atoms with E-state index in [0.29, 0.717) is 23.6 Å². The van der Waals surface area contributed by atoms with Gasteiger partial charge >= 0.3 is 0 Å². The van der Waals surface area contributed by atoms with E-state index in [0.717, 1.165) is 49.0 Å². The van der Waals surface area contributed by atoms with Crippen molar-refractivity contribution in [3.8, 4) is 0 Å². The summed E-state index contributed by atoms with van der Waals surface area (Å²) in [4.78, 5) is 32.6. The van der Waals surface area contributed by atoms with Crippen molar-refractivity contribution in [2.75, 3.05) is 18.5 Å². The highest BCUT2D eigenvalue weighted by Crippen LogP contribution is 2.45. The van der Waals surface area contributed by atoms with E-state index in [-0.39, 0.29) is 30.2 Å². The summed E-state index contributed by atoms with van der Waals surface area (Å²) in [6, 6.07) is 14.7. The Morgan fingerprint density at radius 3 is 2.51 bits per heavy atom. The summed E-state index contributed by atoms with van der Waals surface area (Å²) in [6.07, 6.45) is 5.02. The number of amides is 2. The summed E-state index contributed by atoms with van der Waals surface area (Å²) in [5, 5.41) is 3.10. The standard InChI is InChI=1S/C29H36FN5O2/c1-5-26(32-28(37)17-33(4)19(3)36)20-8-6-9-21(14-20)35-22-12-13-23(35)16-24(15-22)34-18(2)31-29-25(30)10-7-11-27(29)34/h6-11,14,22-24,26H,5,12-13,15-17H2,1-4H3,(H,32,37)/t22-,23+,24?,26-/m0/s1. The van der Waals surface area contributed by atoms with Crippen LogP contribution in [0.3, 0.4) is 0 Å². The first kappa shape index (κ1) is 25.2. The van der Waals surface area contributed by atoms with Crippen molar-refractivity contribution in [2.45, 2.75) is 77.0 Å². The Morgan fingerprint density at radius 1 is 1.14 bits per heavy atom. The van der Waals surface area contributed by atoms with E-state index in [1.807, 2.05) is 13.0 Å². The number of halogens is 1. The summed E-state index contributed by atoms with van der Waals surface area (Å²) in [7, 11) is 1.63. The predicted molar refractivity (Wildman–Crippen MR) is 143 cm³/mol. The van der Waals surface area contributed by atoms with Gasteiger partial charge in [0.15, 0.2) is 5.82 Å². The van der Waals surface area contributed by atoms with Gasteiger partial charge in [-0.2, -0.15) is 0 Å². The molecule has 2 saturated heterocycles. The molecule has 0 radical (unpaired) electrons. The fourth-order valence-corrected chi connectivity index (χ4v) is 6.33. The summed E-state index contributed by atoms with van der Waals surface area (Å²) < 4.78 is 16.6. The molecule has 8 heteroatoms. The smallest absolute Gasteiger partial charge is 0.240 e. The third-order valence-corrected chi connectivity index (χ3v) is 8.15. The molecule has 196 valence electrons. The summed E-state index contributed by atoms with van der Waals surface area (Å²) >= 11 is 0. The molecule has 2 aliphatic heterocycles. The topological polar surface area (TPSA) is 70.5 Å². The number of nitrogens with one attached hydrogen (secondary N) is 1. The highest BCUT2D eigenvalue weighted by atomic mass is 19.1. The first-order valence-corrected chi connectivity index (χ1v) is 13.3. The van der Waals surface area contributed by atoms with Crippen LogP contribution in [0.25, 0.3) is 11.0 Å². The number of anilines is 1. The molecule has 2 amide bonds. The Kier molecular flexibility index (Phi) is 6.92. The van der Waals surface area contributed by atoms with Gasteiger partial charge in [-0.25, -0.2) is 9.37 Å². The third kappa shape index (κ3) is 4.81. The lowest BCUT2D eigenvalue weighted by Crippen LogP contribution is -2.43. The van der Waals surface area contributed by atoms with Gasteiger partial charge in [-0.15, -0.1) is 0 Å². The van der Waals surface area contributed by atoms with Crippen LogP contribution in [0.4, 0.5) is 10.1 Å². The van der Waals surface area contributed by atoms with Crippen molar-refractivity contribution in [2.24, 2.45) is 0 Å². The van der Waals surface area contributed by atoms with Gasteiger partial charge in [-0.1, -0.05) is 25.1 Å². The van der Waals surface area contributed by atoms with Crippen molar-refractivity contribution < 1.29 is 14.0 Å². The predicted octanol–water partition coefficient (Wildman–Crippen LogP) is 4.90. The number of rotatable bonds is 7. The molecule has 5 rings (SSSR count). The fourth-order valence-electron chi connectivity index (χ4n) is 6.33. The van der Waals surface area contributed by atoms with Crippen LogP contribution in [0.2, 0.25) is 0 Å². The van der Waals surface area contributed by atoms with Crippen LogP contribution >= 0.6 is 0 Å². The van der Waals surface area contributed by atoms with Crippen LogP contribution in [-0.4, -0.2) is 51.9 Å². The molecule has 1 aromatic heterocycles. The maximum absolute atomic E-state index is 14.4. The molecule has 37 heavy (non-hydrogen) atoms. The van der Waals surface area contributed by atoms with Gasteiger partial charge in [0, 0.05) is 37.8 Å². The molecule has 0 aliphatic carbocycles. The number of imidazole rings is 1. The van der Waals surface area contributed by atoms with Gasteiger partial charge in [-0.3, -0.25) is 9.59 Å². The Hall–Kier alpha value is -3.42. The first-order valence-electron chi connectivity index (χ1n) is 13.3. The zero-order valence-electron chi connectivity index (χ0n) is 22.1. The number of piperidine rings is 1. The highest BCUT2D eigenvalue weighted by Gasteiger charge is 2.42. The van der Waals surface area contributed by atoms with Crippen LogP contribution in [0.1, 0.15) is 69.4 Å². The van der Waals surface area contributed by atoms with E-state index in [1.165, 1.54) is 23.6 Å². The molecule has 2 aromatic carbocycles. The number of carbonyl (C=O) groups excluding carboxylic acids is 2. The molecule has 4 atom stereocenters. The van der Waals surface area contributed by atoms with Gasteiger partial charge in [0.05, 0.1) is 18.1 Å². The monoisotopic (exact) mass is 505 g/mol. The largest absolute Gasteiger partial charge is 0.365 e. The lowest BCUT2D eigenvalue weighted by molar-refractivity contribution is -0.133.